The molecule has 2 rings (SSSR count). The number of aromatic nitrogens is 1. The molecule has 2 aromatic rings. The first kappa shape index (κ1) is 15.8. The second-order valence-electron chi connectivity index (χ2n) is 4.49. The third kappa shape index (κ3) is 4.47. The van der Waals surface area contributed by atoms with E-state index < -0.39 is 0 Å². The van der Waals surface area contributed by atoms with Gasteiger partial charge in [0.15, 0.2) is 5.11 Å². The predicted molar refractivity (Wildman–Crippen MR) is 98.5 cm³/mol. The zero-order chi connectivity index (χ0) is 15.2. The lowest BCUT2D eigenvalue weighted by Crippen LogP contribution is -2.31. The lowest BCUT2D eigenvalue weighted by Gasteiger charge is -2.13. The molecule has 0 aliphatic rings. The zero-order valence-corrected chi connectivity index (χ0v) is 14.7. The van der Waals surface area contributed by atoms with Crippen molar-refractivity contribution in [3.8, 4) is 0 Å². The molecule has 1 aromatic heterocycles. The van der Waals surface area contributed by atoms with Crippen molar-refractivity contribution in [1.82, 2.24) is 15.3 Å². The maximum absolute atomic E-state index is 5.20. The van der Waals surface area contributed by atoms with Crippen LogP contribution in [-0.4, -0.2) is 34.8 Å². The van der Waals surface area contributed by atoms with Crippen LogP contribution in [0.15, 0.2) is 53.8 Å². The number of nitrogens with zero attached hydrogens (tertiary/aromatic N) is 3. The summed E-state index contributed by atoms with van der Waals surface area (Å²) in [5.74, 6) is 0. The Morgan fingerprint density at radius 3 is 2.48 bits per heavy atom. The van der Waals surface area contributed by atoms with Crippen LogP contribution >= 0.6 is 34.8 Å². The van der Waals surface area contributed by atoms with Crippen molar-refractivity contribution in [3.05, 3.63) is 63.5 Å². The van der Waals surface area contributed by atoms with E-state index in [1.807, 2.05) is 56.6 Å². The standard InChI is InChI=1S/C15H15IN4S/c1-20(2)15(21)19-18-14(13-5-3-4-10-17-13)11-6-8-12(16)9-7-11/h3-10H,1-2H3,(H,19,21)/b18-14+. The number of nitrogens with one attached hydrogen (secondary N) is 1. The van der Waals surface area contributed by atoms with Crippen LogP contribution in [0.4, 0.5) is 0 Å². The number of hydrogen-bond donors (Lipinski definition) is 1. The fourth-order valence-corrected chi connectivity index (χ4v) is 1.99. The quantitative estimate of drug-likeness (QED) is 0.366. The van der Waals surface area contributed by atoms with Crippen LogP contribution < -0.4 is 5.43 Å². The van der Waals surface area contributed by atoms with Crippen molar-refractivity contribution in [3.63, 3.8) is 0 Å². The van der Waals surface area contributed by atoms with Crippen LogP contribution in [0.25, 0.3) is 0 Å². The van der Waals surface area contributed by atoms with E-state index in [-0.39, 0.29) is 0 Å². The molecule has 0 radical (unpaired) electrons. The minimum atomic E-state index is 0.550. The highest BCUT2D eigenvalue weighted by atomic mass is 127. The molecule has 0 unspecified atom stereocenters. The Kier molecular flexibility index (Phi) is 5.63. The number of thiocarbonyl (C=S) groups is 1. The Morgan fingerprint density at radius 1 is 1.19 bits per heavy atom. The molecule has 6 heteroatoms. The second kappa shape index (κ2) is 7.46. The van der Waals surface area contributed by atoms with Gasteiger partial charge in [0.05, 0.1) is 5.69 Å². The van der Waals surface area contributed by atoms with Crippen molar-refractivity contribution >= 4 is 45.6 Å². The summed E-state index contributed by atoms with van der Waals surface area (Å²) >= 11 is 7.48. The van der Waals surface area contributed by atoms with Gasteiger partial charge in [-0.2, -0.15) is 5.10 Å². The van der Waals surface area contributed by atoms with Crippen LogP contribution in [0.3, 0.4) is 0 Å². The maximum Gasteiger partial charge on any atom is 0.189 e. The molecule has 0 atom stereocenters. The fraction of sp³-hybridized carbons (Fsp3) is 0.133. The predicted octanol–water partition coefficient (Wildman–Crippen LogP) is 2.87. The largest absolute Gasteiger partial charge is 0.354 e. The van der Waals surface area contributed by atoms with Gasteiger partial charge in [0, 0.05) is 29.4 Å². The number of rotatable bonds is 3. The van der Waals surface area contributed by atoms with E-state index in [0.717, 1.165) is 17.0 Å². The molecule has 0 saturated carbocycles. The first-order chi connectivity index (χ1) is 10.1. The highest BCUT2D eigenvalue weighted by Gasteiger charge is 2.09. The highest BCUT2D eigenvalue weighted by molar-refractivity contribution is 14.1. The Hall–Kier alpha value is -1.54. The van der Waals surface area contributed by atoms with E-state index in [9.17, 15) is 0 Å². The van der Waals surface area contributed by atoms with Gasteiger partial charge in [-0.05, 0) is 59.1 Å². The monoisotopic (exact) mass is 410 g/mol. The smallest absolute Gasteiger partial charge is 0.189 e. The third-order valence-electron chi connectivity index (χ3n) is 2.69. The molecule has 0 bridgehead atoms. The van der Waals surface area contributed by atoms with Crippen molar-refractivity contribution in [1.29, 1.82) is 0 Å². The minimum absolute atomic E-state index is 0.550. The highest BCUT2D eigenvalue weighted by Crippen LogP contribution is 2.11. The Bertz CT molecular complexity index is 638. The molecule has 0 aliphatic heterocycles. The number of hydrazone groups is 1. The molecule has 0 amide bonds. The van der Waals surface area contributed by atoms with Crippen molar-refractivity contribution in [2.75, 3.05) is 14.1 Å². The molecule has 0 spiro atoms. The normalized spacial score (nSPS) is 11.1. The Morgan fingerprint density at radius 2 is 1.90 bits per heavy atom. The summed E-state index contributed by atoms with van der Waals surface area (Å²) < 4.78 is 1.17. The zero-order valence-electron chi connectivity index (χ0n) is 11.7. The van der Waals surface area contributed by atoms with E-state index in [4.69, 9.17) is 12.2 Å². The molecular weight excluding hydrogens is 395 g/mol. The molecule has 0 fully saturated rings. The van der Waals surface area contributed by atoms with Gasteiger partial charge >= 0.3 is 0 Å². The second-order valence-corrected chi connectivity index (χ2v) is 6.13. The van der Waals surface area contributed by atoms with Gasteiger partial charge in [-0.1, -0.05) is 18.2 Å². The molecule has 1 heterocycles. The van der Waals surface area contributed by atoms with E-state index in [1.165, 1.54) is 3.57 Å². The van der Waals surface area contributed by atoms with E-state index in [1.54, 1.807) is 11.1 Å². The molecule has 108 valence electrons. The number of hydrogen-bond acceptors (Lipinski definition) is 3. The van der Waals surface area contributed by atoms with Gasteiger partial charge in [-0.3, -0.25) is 10.4 Å². The molecular formula is C15H15IN4S. The minimum Gasteiger partial charge on any atom is -0.354 e. The van der Waals surface area contributed by atoms with Crippen molar-refractivity contribution in [2.24, 2.45) is 5.10 Å². The summed E-state index contributed by atoms with van der Waals surface area (Å²) in [4.78, 5) is 6.17. The average Bonchev–Trinajstić information content (AvgIpc) is 2.50. The van der Waals surface area contributed by atoms with E-state index in [2.05, 4.69) is 38.1 Å². The topological polar surface area (TPSA) is 40.5 Å². The Labute approximate surface area is 143 Å². The average molecular weight is 410 g/mol. The molecule has 21 heavy (non-hydrogen) atoms. The van der Waals surface area contributed by atoms with Gasteiger partial charge < -0.3 is 4.90 Å². The summed E-state index contributed by atoms with van der Waals surface area (Å²) in [5.41, 5.74) is 5.45. The fourth-order valence-electron chi connectivity index (χ4n) is 1.58. The molecule has 0 aliphatic carbocycles. The van der Waals surface area contributed by atoms with Gasteiger partial charge in [-0.15, -0.1) is 0 Å². The summed E-state index contributed by atoms with van der Waals surface area (Å²) in [6.45, 7) is 0. The van der Waals surface area contributed by atoms with Crippen molar-refractivity contribution < 1.29 is 0 Å². The molecule has 0 saturated heterocycles. The molecule has 4 nitrogen and oxygen atoms in total. The number of halogens is 1. The maximum atomic E-state index is 5.20. The number of pyridine rings is 1. The molecule has 1 aromatic carbocycles. The van der Waals surface area contributed by atoms with Crippen LogP contribution in [0.1, 0.15) is 11.3 Å². The van der Waals surface area contributed by atoms with Gasteiger partial charge in [-0.25, -0.2) is 0 Å². The Balaban J connectivity index is 2.37. The first-order valence-corrected chi connectivity index (χ1v) is 7.79. The van der Waals surface area contributed by atoms with Gasteiger partial charge in [0.2, 0.25) is 0 Å². The van der Waals surface area contributed by atoms with Crippen LogP contribution in [0, 0.1) is 3.57 Å². The van der Waals surface area contributed by atoms with E-state index in [0.29, 0.717) is 5.11 Å². The summed E-state index contributed by atoms with van der Waals surface area (Å²) in [6, 6.07) is 13.9. The third-order valence-corrected chi connectivity index (χ3v) is 3.87. The van der Waals surface area contributed by atoms with Crippen LogP contribution in [0.2, 0.25) is 0 Å². The van der Waals surface area contributed by atoms with Crippen molar-refractivity contribution in [2.45, 2.75) is 0 Å². The molecule has 1 N–H and O–H groups in total. The number of benzene rings is 1. The summed E-state index contributed by atoms with van der Waals surface area (Å²) in [6.07, 6.45) is 1.75. The van der Waals surface area contributed by atoms with E-state index >= 15 is 0 Å². The SMILES string of the molecule is CN(C)C(=S)N/N=C(\c1ccc(I)cc1)c1ccccn1. The van der Waals surface area contributed by atoms with Gasteiger partial charge in [0.25, 0.3) is 0 Å². The first-order valence-electron chi connectivity index (χ1n) is 6.30. The van der Waals surface area contributed by atoms with Crippen LogP contribution in [-0.2, 0) is 0 Å². The van der Waals surface area contributed by atoms with Gasteiger partial charge in [0.1, 0.15) is 5.71 Å². The summed E-state index contributed by atoms with van der Waals surface area (Å²) in [7, 11) is 3.74. The van der Waals surface area contributed by atoms with Crippen LogP contribution in [0.5, 0.6) is 0 Å². The lowest BCUT2D eigenvalue weighted by molar-refractivity contribution is 0.606. The summed E-state index contributed by atoms with van der Waals surface area (Å²) in [5, 5.41) is 4.98. The lowest BCUT2D eigenvalue weighted by atomic mass is 10.1.